The van der Waals surface area contributed by atoms with Crippen molar-refractivity contribution in [3.05, 3.63) is 63.6 Å². The molecule has 1 saturated carbocycles. The number of benzene rings is 2. The molecule has 0 bridgehead atoms. The molecule has 2 heterocycles. The van der Waals surface area contributed by atoms with Crippen molar-refractivity contribution in [1.29, 1.82) is 0 Å². The van der Waals surface area contributed by atoms with E-state index in [4.69, 9.17) is 23.2 Å². The molecule has 0 aromatic heterocycles. The molecular formula is C25H24Cl2N2O5. The number of amides is 2. The average molecular weight is 503 g/mol. The second-order valence-electron chi connectivity index (χ2n) is 9.33. The minimum absolute atomic E-state index is 0.166. The van der Waals surface area contributed by atoms with E-state index in [0.717, 1.165) is 18.4 Å². The smallest absolute Gasteiger partial charge is 0.304 e. The molecule has 2 amide bonds. The van der Waals surface area contributed by atoms with Crippen LogP contribution < -0.4 is 4.90 Å². The van der Waals surface area contributed by atoms with Gasteiger partial charge in [0.25, 0.3) is 5.91 Å². The van der Waals surface area contributed by atoms with E-state index in [1.165, 1.54) is 4.90 Å². The van der Waals surface area contributed by atoms with Gasteiger partial charge in [-0.05, 0) is 55.0 Å². The first-order valence-electron chi connectivity index (χ1n) is 11.3. The number of anilines is 1. The Morgan fingerprint density at radius 3 is 2.47 bits per heavy atom. The van der Waals surface area contributed by atoms with Crippen molar-refractivity contribution in [2.24, 2.45) is 11.8 Å². The summed E-state index contributed by atoms with van der Waals surface area (Å²) in [5.41, 5.74) is 0.355. The van der Waals surface area contributed by atoms with Gasteiger partial charge in [-0.2, -0.15) is 0 Å². The SMILES string of the molecule is O=C(O)CC1CC(c2cccc(Cl)c2)C2(C(=O)N(CO)c3cc(Cl)ccc32)N(CC2CC2)C1=O. The highest BCUT2D eigenvalue weighted by atomic mass is 35.5. The Kier molecular flexibility index (Phi) is 5.82. The number of rotatable bonds is 6. The molecule has 3 unspecified atom stereocenters. The Hall–Kier alpha value is -2.61. The number of likely N-dealkylation sites (tertiary alicyclic amines) is 1. The lowest BCUT2D eigenvalue weighted by Gasteiger charge is -2.51. The van der Waals surface area contributed by atoms with Crippen molar-refractivity contribution in [3.8, 4) is 0 Å². The van der Waals surface area contributed by atoms with Crippen molar-refractivity contribution in [2.75, 3.05) is 18.2 Å². The summed E-state index contributed by atoms with van der Waals surface area (Å²) in [5.74, 6) is -2.92. The van der Waals surface area contributed by atoms with E-state index in [9.17, 15) is 24.6 Å². The van der Waals surface area contributed by atoms with Crippen molar-refractivity contribution in [1.82, 2.24) is 4.90 Å². The van der Waals surface area contributed by atoms with Gasteiger partial charge in [0.2, 0.25) is 5.91 Å². The standard InChI is InChI=1S/C25H24Cl2N2O5/c26-17-3-1-2-15(8-17)20-9-16(10-22(31)32)23(33)29(12-14-4-5-14)25(20)19-7-6-18(27)11-21(19)28(13-30)24(25)34/h1-3,6-8,11,14,16,20,30H,4-5,9-10,12-13H2,(H,31,32). The number of nitrogens with zero attached hydrogens (tertiary/aromatic N) is 2. The lowest BCUT2D eigenvalue weighted by atomic mass is 9.66. The highest BCUT2D eigenvalue weighted by Gasteiger charge is 2.64. The van der Waals surface area contributed by atoms with E-state index >= 15 is 0 Å². The molecule has 1 saturated heterocycles. The Labute approximate surface area is 206 Å². The summed E-state index contributed by atoms with van der Waals surface area (Å²) in [6.07, 6.45) is 1.73. The van der Waals surface area contributed by atoms with Crippen LogP contribution in [0, 0.1) is 11.8 Å². The number of hydrogen-bond acceptors (Lipinski definition) is 4. The quantitative estimate of drug-likeness (QED) is 0.621. The Balaban J connectivity index is 1.78. The van der Waals surface area contributed by atoms with Crippen molar-refractivity contribution in [3.63, 3.8) is 0 Å². The zero-order valence-electron chi connectivity index (χ0n) is 18.3. The van der Waals surface area contributed by atoms with E-state index in [1.54, 1.807) is 41.3 Å². The van der Waals surface area contributed by atoms with Crippen LogP contribution in [0.4, 0.5) is 5.69 Å². The van der Waals surface area contributed by atoms with Gasteiger partial charge < -0.3 is 15.1 Å². The maximum absolute atomic E-state index is 14.2. The molecule has 1 spiro atoms. The fourth-order valence-corrected chi connectivity index (χ4v) is 6.00. The number of fused-ring (bicyclic) bond motifs is 2. The normalized spacial score (nSPS) is 26.3. The molecule has 3 atom stereocenters. The zero-order chi connectivity index (χ0) is 24.2. The topological polar surface area (TPSA) is 98.2 Å². The van der Waals surface area contributed by atoms with Crippen LogP contribution in [0.5, 0.6) is 0 Å². The van der Waals surface area contributed by atoms with Crippen LogP contribution in [-0.4, -0.2) is 46.2 Å². The average Bonchev–Trinajstić information content (AvgIpc) is 3.57. The Bertz CT molecular complexity index is 1180. The summed E-state index contributed by atoms with van der Waals surface area (Å²) >= 11 is 12.6. The van der Waals surface area contributed by atoms with Crippen molar-refractivity contribution < 1.29 is 24.6 Å². The van der Waals surface area contributed by atoms with Gasteiger partial charge in [0.1, 0.15) is 6.73 Å². The van der Waals surface area contributed by atoms with E-state index in [0.29, 0.717) is 27.8 Å². The summed E-state index contributed by atoms with van der Waals surface area (Å²) < 4.78 is 0. The van der Waals surface area contributed by atoms with Crippen LogP contribution in [-0.2, 0) is 19.9 Å². The molecule has 2 aromatic rings. The first-order chi connectivity index (χ1) is 16.3. The number of halogens is 2. The summed E-state index contributed by atoms with van der Waals surface area (Å²) in [7, 11) is 0. The maximum atomic E-state index is 14.2. The number of carbonyl (C=O) groups is 3. The molecule has 2 aromatic carbocycles. The van der Waals surface area contributed by atoms with Crippen LogP contribution in [0.25, 0.3) is 0 Å². The van der Waals surface area contributed by atoms with Crippen LogP contribution >= 0.6 is 23.2 Å². The first kappa shape index (κ1) is 23.1. The minimum Gasteiger partial charge on any atom is -0.481 e. The lowest BCUT2D eigenvalue weighted by molar-refractivity contribution is -0.161. The molecule has 0 radical (unpaired) electrons. The van der Waals surface area contributed by atoms with Crippen molar-refractivity contribution in [2.45, 2.75) is 37.1 Å². The molecule has 5 rings (SSSR count). The molecule has 3 aliphatic rings. The van der Waals surface area contributed by atoms with Crippen LogP contribution in [0.2, 0.25) is 10.0 Å². The summed E-state index contributed by atoms with van der Waals surface area (Å²) in [6, 6.07) is 12.2. The molecule has 178 valence electrons. The van der Waals surface area contributed by atoms with Crippen LogP contribution in [0.3, 0.4) is 0 Å². The third kappa shape index (κ3) is 3.58. The first-order valence-corrected chi connectivity index (χ1v) is 12.0. The van der Waals surface area contributed by atoms with E-state index in [-0.39, 0.29) is 24.7 Å². The molecule has 7 nitrogen and oxygen atoms in total. The third-order valence-electron chi connectivity index (χ3n) is 7.25. The molecule has 2 N–H and O–H groups in total. The number of carboxylic acid groups (broad SMARTS) is 1. The highest BCUT2D eigenvalue weighted by molar-refractivity contribution is 6.31. The molecule has 2 aliphatic heterocycles. The van der Waals surface area contributed by atoms with Gasteiger partial charge in [-0.3, -0.25) is 19.3 Å². The third-order valence-corrected chi connectivity index (χ3v) is 7.72. The van der Waals surface area contributed by atoms with Crippen LogP contribution in [0.15, 0.2) is 42.5 Å². The highest BCUT2D eigenvalue weighted by Crippen LogP contribution is 2.58. The number of aliphatic hydroxyl groups is 1. The van der Waals surface area contributed by atoms with Crippen LogP contribution in [0.1, 0.15) is 42.7 Å². The Morgan fingerprint density at radius 2 is 1.82 bits per heavy atom. The van der Waals surface area contributed by atoms with Gasteiger partial charge in [-0.1, -0.05) is 41.4 Å². The number of carboxylic acids is 1. The fraction of sp³-hybridized carbons (Fsp3) is 0.400. The number of aliphatic hydroxyl groups excluding tert-OH is 1. The largest absolute Gasteiger partial charge is 0.481 e. The lowest BCUT2D eigenvalue weighted by Crippen LogP contribution is -2.64. The second kappa shape index (κ2) is 8.56. The van der Waals surface area contributed by atoms with Gasteiger partial charge >= 0.3 is 5.97 Å². The monoisotopic (exact) mass is 502 g/mol. The fourth-order valence-electron chi connectivity index (χ4n) is 5.63. The van der Waals surface area contributed by atoms with Gasteiger partial charge in [-0.25, -0.2) is 0 Å². The zero-order valence-corrected chi connectivity index (χ0v) is 19.8. The maximum Gasteiger partial charge on any atom is 0.304 e. The predicted octanol–water partition coefficient (Wildman–Crippen LogP) is 4.00. The van der Waals surface area contributed by atoms with Gasteiger partial charge in [0.15, 0.2) is 5.54 Å². The predicted molar refractivity (Wildman–Crippen MR) is 127 cm³/mol. The summed E-state index contributed by atoms with van der Waals surface area (Å²) in [5, 5.41) is 20.6. The van der Waals surface area contributed by atoms with E-state index < -0.39 is 36.0 Å². The molecule has 1 aliphatic carbocycles. The molecule has 2 fully saturated rings. The number of piperidine rings is 1. The van der Waals surface area contributed by atoms with Gasteiger partial charge in [-0.15, -0.1) is 0 Å². The molecular weight excluding hydrogens is 479 g/mol. The summed E-state index contributed by atoms with van der Waals surface area (Å²) in [4.78, 5) is 42.5. The number of hydrogen-bond donors (Lipinski definition) is 2. The molecule has 34 heavy (non-hydrogen) atoms. The minimum atomic E-state index is -1.43. The summed E-state index contributed by atoms with van der Waals surface area (Å²) in [6.45, 7) is -0.223. The van der Waals surface area contributed by atoms with Crippen molar-refractivity contribution >= 4 is 46.7 Å². The molecule has 9 heteroatoms. The number of aliphatic carboxylic acids is 1. The second-order valence-corrected chi connectivity index (χ2v) is 10.2. The Morgan fingerprint density at radius 1 is 1.09 bits per heavy atom. The number of carbonyl (C=O) groups excluding carboxylic acids is 2. The van der Waals surface area contributed by atoms with E-state index in [1.807, 2.05) is 6.07 Å². The van der Waals surface area contributed by atoms with Gasteiger partial charge in [0.05, 0.1) is 12.1 Å². The van der Waals surface area contributed by atoms with Gasteiger partial charge in [0, 0.05) is 34.0 Å². The van der Waals surface area contributed by atoms with E-state index in [2.05, 4.69) is 0 Å².